The van der Waals surface area contributed by atoms with E-state index in [0.717, 1.165) is 11.8 Å². The highest BCUT2D eigenvalue weighted by Gasteiger charge is 2.29. The summed E-state index contributed by atoms with van der Waals surface area (Å²) in [5.41, 5.74) is 2.04. The molecule has 0 unspecified atom stereocenters. The molecule has 1 heterocycles. The number of amides is 1. The van der Waals surface area contributed by atoms with Crippen LogP contribution >= 0.6 is 11.8 Å². The number of ketones is 2. The Labute approximate surface area is 169 Å². The summed E-state index contributed by atoms with van der Waals surface area (Å²) >= 11 is 1.10. The van der Waals surface area contributed by atoms with Gasteiger partial charge in [0.1, 0.15) is 0 Å². The van der Waals surface area contributed by atoms with Crippen molar-refractivity contribution in [2.45, 2.75) is 12.1 Å². The van der Waals surface area contributed by atoms with Crippen LogP contribution < -0.4 is 10.9 Å². The maximum absolute atomic E-state index is 12.8. The minimum atomic E-state index is -0.325. The van der Waals surface area contributed by atoms with Gasteiger partial charge in [-0.3, -0.25) is 19.2 Å². The number of rotatable bonds is 4. The van der Waals surface area contributed by atoms with Gasteiger partial charge in [-0.2, -0.15) is 0 Å². The van der Waals surface area contributed by atoms with Gasteiger partial charge in [0.05, 0.1) is 5.75 Å². The summed E-state index contributed by atoms with van der Waals surface area (Å²) in [6.07, 6.45) is 0. The molecule has 2 aromatic carbocycles. The lowest BCUT2D eigenvalue weighted by atomic mass is 9.84. The molecule has 7 nitrogen and oxygen atoms in total. The molecule has 144 valence electrons. The molecule has 0 saturated heterocycles. The summed E-state index contributed by atoms with van der Waals surface area (Å²) in [6, 6.07) is 12.7. The standard InChI is InChI=1S/C21H15N3O4S/c1-11-8-17(25)24-21(22-11)29-10-18(26)23-12-6-7-15-16(9-12)20(28)14-5-3-2-4-13(14)19(15)27/h2-9H,10H2,1H3,(H,23,26)(H,22,24,25). The number of benzene rings is 2. The molecule has 8 heteroatoms. The number of anilines is 1. The summed E-state index contributed by atoms with van der Waals surface area (Å²) in [5.74, 6) is -0.756. The van der Waals surface area contributed by atoms with E-state index in [1.165, 1.54) is 12.1 Å². The van der Waals surface area contributed by atoms with Crippen molar-refractivity contribution in [3.8, 4) is 0 Å². The fraction of sp³-hybridized carbons (Fsp3) is 0.0952. The molecule has 1 aliphatic rings. The van der Waals surface area contributed by atoms with E-state index in [4.69, 9.17) is 0 Å². The maximum Gasteiger partial charge on any atom is 0.251 e. The Balaban J connectivity index is 1.50. The van der Waals surface area contributed by atoms with Gasteiger partial charge in [0.15, 0.2) is 16.7 Å². The molecule has 0 fully saturated rings. The van der Waals surface area contributed by atoms with Gasteiger partial charge >= 0.3 is 0 Å². The number of carbonyl (C=O) groups excluding carboxylic acids is 3. The zero-order valence-corrected chi connectivity index (χ0v) is 16.1. The van der Waals surface area contributed by atoms with Crippen molar-refractivity contribution in [1.82, 2.24) is 9.97 Å². The third-order valence-electron chi connectivity index (χ3n) is 4.40. The largest absolute Gasteiger partial charge is 0.325 e. The molecule has 1 aliphatic carbocycles. The van der Waals surface area contributed by atoms with E-state index in [9.17, 15) is 19.2 Å². The Bertz CT molecular complexity index is 1230. The highest BCUT2D eigenvalue weighted by molar-refractivity contribution is 7.99. The van der Waals surface area contributed by atoms with Gasteiger partial charge in [-0.05, 0) is 25.1 Å². The Morgan fingerprint density at radius 1 is 0.966 bits per heavy atom. The normalized spacial score (nSPS) is 12.3. The van der Waals surface area contributed by atoms with E-state index in [1.54, 1.807) is 43.3 Å². The van der Waals surface area contributed by atoms with Crippen molar-refractivity contribution < 1.29 is 14.4 Å². The molecule has 0 radical (unpaired) electrons. The van der Waals surface area contributed by atoms with Crippen molar-refractivity contribution in [2.24, 2.45) is 0 Å². The minimum Gasteiger partial charge on any atom is -0.325 e. The fourth-order valence-electron chi connectivity index (χ4n) is 3.13. The number of aryl methyl sites for hydroxylation is 1. The molecule has 29 heavy (non-hydrogen) atoms. The second kappa shape index (κ2) is 7.48. The van der Waals surface area contributed by atoms with Crippen molar-refractivity contribution in [1.29, 1.82) is 0 Å². The third-order valence-corrected chi connectivity index (χ3v) is 5.27. The van der Waals surface area contributed by atoms with Gasteiger partial charge in [-0.15, -0.1) is 0 Å². The SMILES string of the molecule is Cc1cc(=O)[nH]c(SCC(=O)Nc2ccc3c(c2)C(=O)c2ccccc2C3=O)n1. The summed E-state index contributed by atoms with van der Waals surface area (Å²) in [6.45, 7) is 1.70. The number of hydrogen-bond donors (Lipinski definition) is 2. The van der Waals surface area contributed by atoms with E-state index in [0.29, 0.717) is 33.2 Å². The molecule has 0 aliphatic heterocycles. The molecule has 1 amide bonds. The quantitative estimate of drug-likeness (QED) is 0.399. The Morgan fingerprint density at radius 3 is 2.31 bits per heavy atom. The van der Waals surface area contributed by atoms with Crippen LogP contribution in [0, 0.1) is 6.92 Å². The first-order valence-corrected chi connectivity index (χ1v) is 9.74. The highest BCUT2D eigenvalue weighted by Crippen LogP contribution is 2.29. The number of fused-ring (bicyclic) bond motifs is 2. The zero-order valence-electron chi connectivity index (χ0n) is 15.3. The van der Waals surface area contributed by atoms with Crippen molar-refractivity contribution in [3.63, 3.8) is 0 Å². The van der Waals surface area contributed by atoms with Crippen LogP contribution in [0.4, 0.5) is 5.69 Å². The predicted molar refractivity (Wildman–Crippen MR) is 109 cm³/mol. The first-order valence-electron chi connectivity index (χ1n) is 8.75. The number of H-pyrrole nitrogens is 1. The molecule has 4 rings (SSSR count). The second-order valence-electron chi connectivity index (χ2n) is 6.49. The molecule has 0 spiro atoms. The van der Waals surface area contributed by atoms with Crippen LogP contribution in [0.3, 0.4) is 0 Å². The summed E-state index contributed by atoms with van der Waals surface area (Å²) in [4.78, 5) is 55.8. The number of hydrogen-bond acceptors (Lipinski definition) is 6. The lowest BCUT2D eigenvalue weighted by Gasteiger charge is -2.18. The number of nitrogens with one attached hydrogen (secondary N) is 2. The summed E-state index contributed by atoms with van der Waals surface area (Å²) < 4.78 is 0. The van der Waals surface area contributed by atoms with Gasteiger partial charge in [-0.1, -0.05) is 36.0 Å². The van der Waals surface area contributed by atoms with Crippen LogP contribution in [0.2, 0.25) is 0 Å². The monoisotopic (exact) mass is 405 g/mol. The average molecular weight is 405 g/mol. The van der Waals surface area contributed by atoms with Crippen molar-refractivity contribution >= 4 is 34.9 Å². The van der Waals surface area contributed by atoms with E-state index < -0.39 is 0 Å². The molecule has 0 atom stereocenters. The molecule has 3 aromatic rings. The molecular formula is C21H15N3O4S. The topological polar surface area (TPSA) is 109 Å². The smallest absolute Gasteiger partial charge is 0.251 e. The van der Waals surface area contributed by atoms with Gasteiger partial charge in [-0.25, -0.2) is 4.98 Å². The van der Waals surface area contributed by atoms with Crippen LogP contribution in [0.1, 0.15) is 37.5 Å². The van der Waals surface area contributed by atoms with Gasteiger partial charge in [0.25, 0.3) is 5.56 Å². The van der Waals surface area contributed by atoms with Crippen LogP contribution in [0.25, 0.3) is 0 Å². The number of nitrogens with zero attached hydrogens (tertiary/aromatic N) is 1. The first-order chi connectivity index (χ1) is 13.9. The summed E-state index contributed by atoms with van der Waals surface area (Å²) in [7, 11) is 0. The minimum absolute atomic E-state index is 0.0270. The lowest BCUT2D eigenvalue weighted by Crippen LogP contribution is -2.21. The fourth-order valence-corrected chi connectivity index (χ4v) is 3.85. The van der Waals surface area contributed by atoms with E-state index in [-0.39, 0.29) is 34.3 Å². The number of aromatic nitrogens is 2. The molecule has 0 saturated carbocycles. The van der Waals surface area contributed by atoms with Crippen molar-refractivity contribution in [2.75, 3.05) is 11.1 Å². The van der Waals surface area contributed by atoms with Crippen LogP contribution in [0.15, 0.2) is 58.5 Å². The first kappa shape index (κ1) is 18.8. The Kier molecular flexibility index (Phi) is 4.85. The van der Waals surface area contributed by atoms with Gasteiger partial charge in [0, 0.05) is 39.7 Å². The predicted octanol–water partition coefficient (Wildman–Crippen LogP) is 2.58. The van der Waals surface area contributed by atoms with E-state index in [1.807, 2.05) is 0 Å². The Hall–Kier alpha value is -3.52. The van der Waals surface area contributed by atoms with Crippen LogP contribution in [0.5, 0.6) is 0 Å². The number of aromatic amines is 1. The second-order valence-corrected chi connectivity index (χ2v) is 7.46. The average Bonchev–Trinajstić information content (AvgIpc) is 2.70. The molecular weight excluding hydrogens is 390 g/mol. The third kappa shape index (κ3) is 3.74. The van der Waals surface area contributed by atoms with Crippen LogP contribution in [-0.2, 0) is 4.79 Å². The lowest BCUT2D eigenvalue weighted by molar-refractivity contribution is -0.113. The van der Waals surface area contributed by atoms with E-state index in [2.05, 4.69) is 15.3 Å². The Morgan fingerprint density at radius 2 is 1.62 bits per heavy atom. The van der Waals surface area contributed by atoms with E-state index >= 15 is 0 Å². The zero-order chi connectivity index (χ0) is 20.5. The summed E-state index contributed by atoms with van der Waals surface area (Å²) in [5, 5.41) is 3.06. The molecule has 2 N–H and O–H groups in total. The van der Waals surface area contributed by atoms with Gasteiger partial charge < -0.3 is 10.3 Å². The number of carbonyl (C=O) groups is 3. The van der Waals surface area contributed by atoms with Gasteiger partial charge in [0.2, 0.25) is 5.91 Å². The highest BCUT2D eigenvalue weighted by atomic mass is 32.2. The maximum atomic E-state index is 12.8. The van der Waals surface area contributed by atoms with Crippen molar-refractivity contribution in [3.05, 3.63) is 86.8 Å². The molecule has 0 bridgehead atoms. The number of thioether (sulfide) groups is 1. The molecule has 1 aromatic heterocycles. The van der Waals surface area contributed by atoms with Crippen LogP contribution in [-0.4, -0.2) is 33.2 Å².